The maximum Gasteiger partial charge on any atom is 0.269 e. The van der Waals surface area contributed by atoms with Crippen LogP contribution < -0.4 is 9.13 Å². The van der Waals surface area contributed by atoms with Gasteiger partial charge >= 0.3 is 0 Å². The van der Waals surface area contributed by atoms with Crippen molar-refractivity contribution in [3.63, 3.8) is 0 Å². The molecule has 5 heteroatoms. The van der Waals surface area contributed by atoms with Crippen LogP contribution in [0.15, 0.2) is 73.2 Å². The first kappa shape index (κ1) is 15.8. The van der Waals surface area contributed by atoms with Gasteiger partial charge in [-0.25, -0.2) is 9.13 Å². The molecule has 0 amide bonds. The Kier molecular flexibility index (Phi) is 4.61. The average molecular weight is 321 g/mol. The van der Waals surface area contributed by atoms with E-state index < -0.39 is 0 Å². The molecule has 0 saturated heterocycles. The summed E-state index contributed by atoms with van der Waals surface area (Å²) in [6.45, 7) is 0.822. The van der Waals surface area contributed by atoms with Crippen molar-refractivity contribution in [3.8, 4) is 11.3 Å². The maximum absolute atomic E-state index is 10.7. The van der Waals surface area contributed by atoms with Gasteiger partial charge in [-0.2, -0.15) is 0 Å². The van der Waals surface area contributed by atoms with E-state index in [9.17, 15) is 10.1 Å². The molecule has 5 nitrogen and oxygen atoms in total. The summed E-state index contributed by atoms with van der Waals surface area (Å²) in [6, 6.07) is 17.0. The molecular weight excluding hydrogens is 302 g/mol. The Morgan fingerprint density at radius 2 is 1.79 bits per heavy atom. The number of rotatable bonds is 5. The number of pyridine rings is 2. The smallest absolute Gasteiger partial charge is 0.258 e. The van der Waals surface area contributed by atoms with Crippen molar-refractivity contribution in [1.29, 1.82) is 0 Å². The Balaban J connectivity index is 1.73. The molecule has 1 aromatic carbocycles. The summed E-state index contributed by atoms with van der Waals surface area (Å²) in [4.78, 5) is 10.3. The van der Waals surface area contributed by atoms with Crippen LogP contribution in [0.2, 0.25) is 0 Å². The molecule has 2 heterocycles. The van der Waals surface area contributed by atoms with Crippen LogP contribution in [0.3, 0.4) is 0 Å². The SMILES string of the molecule is C[n+]1ccccc1-c1ccc[n+](CCc2ccc([N+](=O)[O-])cc2)c1. The number of nitrogens with zero attached hydrogens (tertiary/aromatic N) is 3. The first-order valence-electron chi connectivity index (χ1n) is 7.81. The number of hydrogen-bond acceptors (Lipinski definition) is 2. The van der Waals surface area contributed by atoms with Crippen LogP contribution in [-0.4, -0.2) is 4.92 Å². The lowest BCUT2D eigenvalue weighted by Gasteiger charge is -2.01. The zero-order chi connectivity index (χ0) is 16.9. The van der Waals surface area contributed by atoms with Crippen molar-refractivity contribution in [2.45, 2.75) is 13.0 Å². The molecule has 3 rings (SSSR count). The summed E-state index contributed by atoms with van der Waals surface area (Å²) >= 11 is 0. The van der Waals surface area contributed by atoms with Crippen molar-refractivity contribution in [2.24, 2.45) is 7.05 Å². The quantitative estimate of drug-likeness (QED) is 0.412. The number of nitro groups is 1. The third-order valence-corrected chi connectivity index (χ3v) is 4.01. The van der Waals surface area contributed by atoms with Gasteiger partial charge in [-0.15, -0.1) is 0 Å². The minimum absolute atomic E-state index is 0.130. The van der Waals surface area contributed by atoms with E-state index in [4.69, 9.17) is 0 Å². The molecule has 0 atom stereocenters. The summed E-state index contributed by atoms with van der Waals surface area (Å²) in [6.07, 6.45) is 7.02. The van der Waals surface area contributed by atoms with Crippen LogP contribution in [0.5, 0.6) is 0 Å². The molecule has 24 heavy (non-hydrogen) atoms. The second-order valence-electron chi connectivity index (χ2n) is 5.70. The predicted molar refractivity (Wildman–Crippen MR) is 90.0 cm³/mol. The van der Waals surface area contributed by atoms with Crippen molar-refractivity contribution in [1.82, 2.24) is 0 Å². The van der Waals surface area contributed by atoms with Crippen LogP contribution in [0, 0.1) is 10.1 Å². The van der Waals surface area contributed by atoms with Crippen LogP contribution in [-0.2, 0) is 20.0 Å². The van der Waals surface area contributed by atoms with E-state index >= 15 is 0 Å². The monoisotopic (exact) mass is 321 g/mol. The molecule has 0 aliphatic rings. The highest BCUT2D eigenvalue weighted by Gasteiger charge is 2.12. The zero-order valence-corrected chi connectivity index (χ0v) is 13.5. The second kappa shape index (κ2) is 7.00. The fourth-order valence-electron chi connectivity index (χ4n) is 2.68. The molecule has 0 fully saturated rings. The zero-order valence-electron chi connectivity index (χ0n) is 13.5. The Morgan fingerprint density at radius 3 is 2.50 bits per heavy atom. The van der Waals surface area contributed by atoms with E-state index in [1.165, 1.54) is 0 Å². The number of hydrogen-bond donors (Lipinski definition) is 0. The molecule has 0 radical (unpaired) electrons. The standard InChI is InChI=1S/C19H19N3O2/c1-20-12-3-2-6-19(20)17-5-4-13-21(15-17)14-11-16-7-9-18(10-8-16)22(23)24/h2-10,12-13,15H,11,14H2,1H3/q+2. The molecule has 0 saturated carbocycles. The highest BCUT2D eigenvalue weighted by Crippen LogP contribution is 2.13. The lowest BCUT2D eigenvalue weighted by atomic mass is 10.1. The van der Waals surface area contributed by atoms with Crippen molar-refractivity contribution in [3.05, 3.63) is 88.9 Å². The minimum atomic E-state index is -0.373. The van der Waals surface area contributed by atoms with Gasteiger partial charge in [-0.05, 0) is 17.7 Å². The Bertz CT molecular complexity index is 860. The Morgan fingerprint density at radius 1 is 1.00 bits per heavy atom. The number of benzene rings is 1. The lowest BCUT2D eigenvalue weighted by molar-refractivity contribution is -0.697. The van der Waals surface area contributed by atoms with Gasteiger partial charge in [-0.1, -0.05) is 12.1 Å². The largest absolute Gasteiger partial charge is 0.269 e. The van der Waals surface area contributed by atoms with Gasteiger partial charge in [0, 0.05) is 36.8 Å². The number of nitro benzene ring substituents is 1. The van der Waals surface area contributed by atoms with Gasteiger partial charge in [0.1, 0.15) is 12.6 Å². The number of aromatic nitrogens is 2. The summed E-state index contributed by atoms with van der Waals surface area (Å²) in [5, 5.41) is 10.7. The Hall–Kier alpha value is -3.08. The molecule has 0 N–H and O–H groups in total. The molecule has 0 bridgehead atoms. The fraction of sp³-hybridized carbons (Fsp3) is 0.158. The summed E-state index contributed by atoms with van der Waals surface area (Å²) < 4.78 is 4.24. The van der Waals surface area contributed by atoms with Crippen LogP contribution in [0.1, 0.15) is 5.56 Å². The first-order valence-corrected chi connectivity index (χ1v) is 7.81. The van der Waals surface area contributed by atoms with E-state index in [0.717, 1.165) is 29.8 Å². The summed E-state index contributed by atoms with van der Waals surface area (Å²) in [5.74, 6) is 0. The van der Waals surface area contributed by atoms with Crippen LogP contribution in [0.4, 0.5) is 5.69 Å². The van der Waals surface area contributed by atoms with Gasteiger partial charge in [0.2, 0.25) is 5.69 Å². The highest BCUT2D eigenvalue weighted by molar-refractivity contribution is 5.52. The maximum atomic E-state index is 10.7. The first-order chi connectivity index (χ1) is 11.6. The molecule has 2 aromatic heterocycles. The minimum Gasteiger partial charge on any atom is -0.258 e. The number of non-ortho nitro benzene ring substituents is 1. The topological polar surface area (TPSA) is 50.9 Å². The van der Waals surface area contributed by atoms with Crippen molar-refractivity contribution >= 4 is 5.69 Å². The molecular formula is C19H19N3O2+2. The van der Waals surface area contributed by atoms with Gasteiger partial charge in [0.25, 0.3) is 5.69 Å². The average Bonchev–Trinajstić information content (AvgIpc) is 2.61. The number of aryl methyl sites for hydroxylation is 3. The van der Waals surface area contributed by atoms with E-state index in [-0.39, 0.29) is 10.6 Å². The van der Waals surface area contributed by atoms with E-state index in [1.54, 1.807) is 12.1 Å². The molecule has 0 aliphatic carbocycles. The van der Waals surface area contributed by atoms with E-state index in [1.807, 2.05) is 49.8 Å². The van der Waals surface area contributed by atoms with Crippen molar-refractivity contribution in [2.75, 3.05) is 0 Å². The molecule has 0 spiro atoms. The molecule has 3 aromatic rings. The van der Waals surface area contributed by atoms with Gasteiger partial charge in [-0.3, -0.25) is 10.1 Å². The normalized spacial score (nSPS) is 10.5. The highest BCUT2D eigenvalue weighted by atomic mass is 16.6. The van der Waals surface area contributed by atoms with Crippen LogP contribution >= 0.6 is 0 Å². The van der Waals surface area contributed by atoms with Crippen molar-refractivity contribution < 1.29 is 14.1 Å². The lowest BCUT2D eigenvalue weighted by Crippen LogP contribution is -2.35. The van der Waals surface area contributed by atoms with Gasteiger partial charge in [0.15, 0.2) is 25.1 Å². The molecule has 120 valence electrons. The molecule has 0 aliphatic heterocycles. The summed E-state index contributed by atoms with van der Waals surface area (Å²) in [7, 11) is 2.03. The summed E-state index contributed by atoms with van der Waals surface area (Å²) in [5.41, 5.74) is 3.53. The van der Waals surface area contributed by atoms with Gasteiger partial charge in [0.05, 0.1) is 4.92 Å². The second-order valence-corrected chi connectivity index (χ2v) is 5.70. The molecule has 0 unspecified atom stereocenters. The third-order valence-electron chi connectivity index (χ3n) is 4.01. The van der Waals surface area contributed by atoms with Gasteiger partial charge < -0.3 is 0 Å². The van der Waals surface area contributed by atoms with Crippen LogP contribution in [0.25, 0.3) is 11.3 Å². The van der Waals surface area contributed by atoms with E-state index in [2.05, 4.69) is 27.5 Å². The van der Waals surface area contributed by atoms with E-state index in [0.29, 0.717) is 0 Å². The third kappa shape index (κ3) is 3.63. The predicted octanol–water partition coefficient (Wildman–Crippen LogP) is 2.62. The Labute approximate surface area is 140 Å². The fourth-order valence-corrected chi connectivity index (χ4v) is 2.68.